The van der Waals surface area contributed by atoms with Gasteiger partial charge in [-0.3, -0.25) is 4.79 Å². The number of carbonyl (C=O) groups excluding carboxylic acids is 1. The molecule has 0 saturated carbocycles. The van der Waals surface area contributed by atoms with Crippen LogP contribution >= 0.6 is 0 Å². The highest BCUT2D eigenvalue weighted by Crippen LogP contribution is 2.30. The van der Waals surface area contributed by atoms with Gasteiger partial charge in [-0.25, -0.2) is 0 Å². The Morgan fingerprint density at radius 2 is 1.87 bits per heavy atom. The second-order valence-corrected chi connectivity index (χ2v) is 3.72. The van der Waals surface area contributed by atoms with Gasteiger partial charge in [0.05, 0.1) is 6.04 Å². The van der Waals surface area contributed by atoms with Crippen LogP contribution in [0, 0.1) is 0 Å². The number of hydrogen-bond acceptors (Lipinski definition) is 2. The molecule has 1 amide bonds. The number of amides is 1. The average Bonchev–Trinajstić information content (AvgIpc) is 2.45. The van der Waals surface area contributed by atoms with Crippen molar-refractivity contribution >= 4 is 11.5 Å². The van der Waals surface area contributed by atoms with Crippen LogP contribution in [-0.2, 0) is 4.79 Å². The summed E-state index contributed by atoms with van der Waals surface area (Å²) in [4.78, 5) is 13.1. The molecule has 1 atom stereocenters. The lowest BCUT2D eigenvalue weighted by atomic mass is 10.0. The SMILES string of the molecule is CC1C(c2ccccc2)=C(O)C(=O)N1C. The number of benzene rings is 1. The van der Waals surface area contributed by atoms with E-state index in [-0.39, 0.29) is 17.7 Å². The summed E-state index contributed by atoms with van der Waals surface area (Å²) in [6, 6.07) is 9.42. The van der Waals surface area contributed by atoms with Crippen molar-refractivity contribution in [2.75, 3.05) is 7.05 Å². The van der Waals surface area contributed by atoms with E-state index in [9.17, 15) is 9.90 Å². The quantitative estimate of drug-likeness (QED) is 0.756. The molecule has 15 heavy (non-hydrogen) atoms. The molecule has 1 N–H and O–H groups in total. The molecule has 2 rings (SSSR count). The van der Waals surface area contributed by atoms with Gasteiger partial charge in [0, 0.05) is 12.6 Å². The topological polar surface area (TPSA) is 40.5 Å². The summed E-state index contributed by atoms with van der Waals surface area (Å²) in [7, 11) is 1.69. The molecule has 1 heterocycles. The highest BCUT2D eigenvalue weighted by molar-refractivity contribution is 6.04. The van der Waals surface area contributed by atoms with E-state index in [0.717, 1.165) is 5.56 Å². The number of carbonyl (C=O) groups is 1. The zero-order chi connectivity index (χ0) is 11.0. The Labute approximate surface area is 88.6 Å². The normalized spacial score (nSPS) is 21.3. The molecule has 1 aliphatic rings. The molecular weight excluding hydrogens is 190 g/mol. The molecule has 0 aromatic heterocycles. The van der Waals surface area contributed by atoms with Crippen molar-refractivity contribution in [1.82, 2.24) is 4.90 Å². The van der Waals surface area contributed by atoms with Crippen molar-refractivity contribution < 1.29 is 9.90 Å². The Bertz CT molecular complexity index is 423. The lowest BCUT2D eigenvalue weighted by Crippen LogP contribution is -2.28. The monoisotopic (exact) mass is 203 g/mol. The molecule has 0 fully saturated rings. The average molecular weight is 203 g/mol. The first-order valence-electron chi connectivity index (χ1n) is 4.88. The summed E-state index contributed by atoms with van der Waals surface area (Å²) in [6.45, 7) is 1.91. The Kier molecular flexibility index (Phi) is 2.23. The maximum atomic E-state index is 11.5. The van der Waals surface area contributed by atoms with E-state index in [4.69, 9.17) is 0 Å². The molecule has 0 aliphatic carbocycles. The number of aliphatic hydroxyl groups excluding tert-OH is 1. The van der Waals surface area contributed by atoms with Crippen molar-refractivity contribution in [3.63, 3.8) is 0 Å². The maximum Gasteiger partial charge on any atom is 0.289 e. The van der Waals surface area contributed by atoms with Crippen LogP contribution < -0.4 is 0 Å². The van der Waals surface area contributed by atoms with Crippen LogP contribution in [0.3, 0.4) is 0 Å². The highest BCUT2D eigenvalue weighted by Gasteiger charge is 2.34. The summed E-state index contributed by atoms with van der Waals surface area (Å²) in [5, 5.41) is 9.74. The van der Waals surface area contributed by atoms with Crippen LogP contribution in [0.1, 0.15) is 12.5 Å². The first-order chi connectivity index (χ1) is 7.13. The van der Waals surface area contributed by atoms with Crippen molar-refractivity contribution in [3.05, 3.63) is 41.7 Å². The summed E-state index contributed by atoms with van der Waals surface area (Å²) < 4.78 is 0. The second kappa shape index (κ2) is 3.42. The van der Waals surface area contributed by atoms with E-state index in [1.165, 1.54) is 4.90 Å². The Morgan fingerprint density at radius 3 is 2.33 bits per heavy atom. The number of nitrogens with zero attached hydrogens (tertiary/aromatic N) is 1. The van der Waals surface area contributed by atoms with Gasteiger partial charge in [0.2, 0.25) is 0 Å². The van der Waals surface area contributed by atoms with Gasteiger partial charge < -0.3 is 10.0 Å². The predicted octanol–water partition coefficient (Wildman–Crippen LogP) is 1.82. The fourth-order valence-corrected chi connectivity index (χ4v) is 1.85. The third-order valence-corrected chi connectivity index (χ3v) is 2.86. The van der Waals surface area contributed by atoms with E-state index in [0.29, 0.717) is 5.57 Å². The van der Waals surface area contributed by atoms with Gasteiger partial charge in [0.15, 0.2) is 5.76 Å². The zero-order valence-corrected chi connectivity index (χ0v) is 8.77. The van der Waals surface area contributed by atoms with Crippen LogP contribution in [0.15, 0.2) is 36.1 Å². The van der Waals surface area contributed by atoms with Crippen molar-refractivity contribution in [3.8, 4) is 0 Å². The van der Waals surface area contributed by atoms with Gasteiger partial charge in [0.25, 0.3) is 5.91 Å². The minimum Gasteiger partial charge on any atom is -0.503 e. The lowest BCUT2D eigenvalue weighted by Gasteiger charge is -2.17. The largest absolute Gasteiger partial charge is 0.503 e. The van der Waals surface area contributed by atoms with E-state index in [1.807, 2.05) is 37.3 Å². The first-order valence-corrected chi connectivity index (χ1v) is 4.88. The number of hydrogen-bond donors (Lipinski definition) is 1. The van der Waals surface area contributed by atoms with Gasteiger partial charge in [-0.2, -0.15) is 0 Å². The molecule has 0 radical (unpaired) electrons. The summed E-state index contributed by atoms with van der Waals surface area (Å²) in [5.41, 5.74) is 1.61. The molecule has 1 aliphatic heterocycles. The molecule has 78 valence electrons. The van der Waals surface area contributed by atoms with Gasteiger partial charge >= 0.3 is 0 Å². The number of rotatable bonds is 1. The van der Waals surface area contributed by atoms with Crippen LogP contribution in [0.2, 0.25) is 0 Å². The molecule has 0 spiro atoms. The molecule has 1 unspecified atom stereocenters. The Morgan fingerprint density at radius 1 is 1.27 bits per heavy atom. The van der Waals surface area contributed by atoms with E-state index in [1.54, 1.807) is 7.05 Å². The summed E-state index contributed by atoms with van der Waals surface area (Å²) in [5.74, 6) is -0.433. The smallest absolute Gasteiger partial charge is 0.289 e. The first kappa shape index (κ1) is 9.77. The third-order valence-electron chi connectivity index (χ3n) is 2.86. The van der Waals surface area contributed by atoms with E-state index >= 15 is 0 Å². The van der Waals surface area contributed by atoms with Gasteiger partial charge in [-0.15, -0.1) is 0 Å². The predicted molar refractivity (Wildman–Crippen MR) is 58.2 cm³/mol. The molecule has 3 nitrogen and oxygen atoms in total. The third kappa shape index (κ3) is 1.40. The standard InChI is InChI=1S/C12H13NO2/c1-8-10(9-6-4-3-5-7-9)11(14)12(15)13(8)2/h3-8,14H,1-2H3. The van der Waals surface area contributed by atoms with Crippen LogP contribution in [0.4, 0.5) is 0 Å². The van der Waals surface area contributed by atoms with Crippen molar-refractivity contribution in [1.29, 1.82) is 0 Å². The lowest BCUT2D eigenvalue weighted by molar-refractivity contribution is -0.127. The second-order valence-electron chi connectivity index (χ2n) is 3.72. The van der Waals surface area contributed by atoms with Crippen molar-refractivity contribution in [2.45, 2.75) is 13.0 Å². The van der Waals surface area contributed by atoms with E-state index < -0.39 is 0 Å². The van der Waals surface area contributed by atoms with Crippen molar-refractivity contribution in [2.24, 2.45) is 0 Å². The molecule has 0 saturated heterocycles. The summed E-state index contributed by atoms with van der Waals surface area (Å²) in [6.07, 6.45) is 0. The van der Waals surface area contributed by atoms with Gasteiger partial charge in [-0.1, -0.05) is 30.3 Å². The zero-order valence-electron chi connectivity index (χ0n) is 8.77. The minimum absolute atomic E-state index is 0.0695. The summed E-state index contributed by atoms with van der Waals surface area (Å²) >= 11 is 0. The Balaban J connectivity index is 2.50. The molecular formula is C12H13NO2. The number of likely N-dealkylation sites (N-methyl/N-ethyl adjacent to an activating group) is 1. The maximum absolute atomic E-state index is 11.5. The fraction of sp³-hybridized carbons (Fsp3) is 0.250. The van der Waals surface area contributed by atoms with Crippen LogP contribution in [0.5, 0.6) is 0 Å². The van der Waals surface area contributed by atoms with Crippen LogP contribution in [-0.4, -0.2) is 29.0 Å². The Hall–Kier alpha value is -1.77. The van der Waals surface area contributed by atoms with Gasteiger partial charge in [-0.05, 0) is 12.5 Å². The molecule has 3 heteroatoms. The minimum atomic E-state index is -0.304. The van der Waals surface area contributed by atoms with Gasteiger partial charge in [0.1, 0.15) is 0 Å². The van der Waals surface area contributed by atoms with Crippen LogP contribution in [0.25, 0.3) is 5.57 Å². The molecule has 1 aromatic rings. The molecule has 1 aromatic carbocycles. The number of aliphatic hydroxyl groups is 1. The molecule has 0 bridgehead atoms. The fourth-order valence-electron chi connectivity index (χ4n) is 1.85. The van der Waals surface area contributed by atoms with E-state index in [2.05, 4.69) is 0 Å². The highest BCUT2D eigenvalue weighted by atomic mass is 16.3.